The summed E-state index contributed by atoms with van der Waals surface area (Å²) in [6, 6.07) is 0. The molecular formula is C14H27IN6O. The number of hydrogen-bond acceptors (Lipinski definition) is 4. The lowest BCUT2D eigenvalue weighted by atomic mass is 10.1. The number of aromatic nitrogens is 3. The minimum atomic E-state index is 0. The number of hydrogen-bond donors (Lipinski definition) is 1. The molecule has 2 rings (SSSR count). The lowest BCUT2D eigenvalue weighted by molar-refractivity contribution is 0.157. The average Bonchev–Trinajstić information content (AvgIpc) is 3.13. The predicted octanol–water partition coefficient (Wildman–Crippen LogP) is 1.00. The Hall–Kier alpha value is -0.900. The van der Waals surface area contributed by atoms with E-state index in [0.29, 0.717) is 5.92 Å². The van der Waals surface area contributed by atoms with Crippen LogP contribution in [0.4, 0.5) is 0 Å². The maximum Gasteiger partial charge on any atom is 0.193 e. The van der Waals surface area contributed by atoms with Crippen molar-refractivity contribution in [2.45, 2.75) is 26.3 Å². The molecule has 1 unspecified atom stereocenters. The van der Waals surface area contributed by atoms with Crippen molar-refractivity contribution < 1.29 is 4.74 Å². The molecule has 1 aliphatic rings. The smallest absolute Gasteiger partial charge is 0.193 e. The number of rotatable bonds is 6. The lowest BCUT2D eigenvalue weighted by Crippen LogP contribution is -2.41. The summed E-state index contributed by atoms with van der Waals surface area (Å²) in [5.74, 6) is 2.60. The molecule has 0 radical (unpaired) electrons. The van der Waals surface area contributed by atoms with Gasteiger partial charge in [-0.25, -0.2) is 0 Å². The van der Waals surface area contributed by atoms with Crippen molar-refractivity contribution in [1.29, 1.82) is 0 Å². The van der Waals surface area contributed by atoms with Gasteiger partial charge in [-0.2, -0.15) is 0 Å². The minimum absolute atomic E-state index is 0. The minimum Gasteiger partial charge on any atom is -0.384 e. The zero-order valence-electron chi connectivity index (χ0n) is 13.7. The summed E-state index contributed by atoms with van der Waals surface area (Å²) in [6.45, 7) is 6.65. The Morgan fingerprint density at radius 1 is 1.55 bits per heavy atom. The van der Waals surface area contributed by atoms with E-state index in [1.54, 1.807) is 13.4 Å². The molecule has 0 aromatic carbocycles. The van der Waals surface area contributed by atoms with Gasteiger partial charge in [0.2, 0.25) is 0 Å². The molecule has 1 aliphatic heterocycles. The van der Waals surface area contributed by atoms with Crippen LogP contribution in [-0.2, 0) is 17.7 Å². The molecule has 126 valence electrons. The van der Waals surface area contributed by atoms with Crippen LogP contribution in [0.25, 0.3) is 0 Å². The zero-order chi connectivity index (χ0) is 15.1. The van der Waals surface area contributed by atoms with E-state index in [-0.39, 0.29) is 24.0 Å². The Balaban J connectivity index is 0.00000242. The average molecular weight is 422 g/mol. The summed E-state index contributed by atoms with van der Waals surface area (Å²) >= 11 is 0. The van der Waals surface area contributed by atoms with Crippen molar-refractivity contribution in [2.24, 2.45) is 10.9 Å². The molecule has 0 saturated carbocycles. The van der Waals surface area contributed by atoms with E-state index in [1.165, 1.54) is 6.42 Å². The first-order valence-electron chi connectivity index (χ1n) is 7.59. The molecule has 0 spiro atoms. The fourth-order valence-electron chi connectivity index (χ4n) is 2.76. The first-order chi connectivity index (χ1) is 10.3. The van der Waals surface area contributed by atoms with Crippen LogP contribution in [-0.4, -0.2) is 66.0 Å². The number of halogens is 1. The summed E-state index contributed by atoms with van der Waals surface area (Å²) in [5, 5.41) is 11.5. The molecular weight excluding hydrogens is 395 g/mol. The van der Waals surface area contributed by atoms with Gasteiger partial charge in [0.05, 0.1) is 6.61 Å². The van der Waals surface area contributed by atoms with Crippen LogP contribution < -0.4 is 5.32 Å². The molecule has 7 nitrogen and oxygen atoms in total. The van der Waals surface area contributed by atoms with Crippen molar-refractivity contribution in [3.05, 3.63) is 12.2 Å². The molecule has 22 heavy (non-hydrogen) atoms. The van der Waals surface area contributed by atoms with Gasteiger partial charge in [-0.15, -0.1) is 34.2 Å². The number of ether oxygens (including phenoxy) is 1. The van der Waals surface area contributed by atoms with Crippen LogP contribution in [0.2, 0.25) is 0 Å². The number of likely N-dealkylation sites (tertiary alicyclic amines) is 1. The van der Waals surface area contributed by atoms with E-state index >= 15 is 0 Å². The molecule has 1 atom stereocenters. The van der Waals surface area contributed by atoms with Gasteiger partial charge in [-0.1, -0.05) is 6.92 Å². The fourth-order valence-corrected chi connectivity index (χ4v) is 2.76. The Kier molecular flexibility index (Phi) is 8.69. The van der Waals surface area contributed by atoms with E-state index in [9.17, 15) is 0 Å². The number of nitrogens with zero attached hydrogens (tertiary/aromatic N) is 5. The Labute approximate surface area is 149 Å². The van der Waals surface area contributed by atoms with E-state index < -0.39 is 0 Å². The van der Waals surface area contributed by atoms with Crippen LogP contribution >= 0.6 is 24.0 Å². The Morgan fingerprint density at radius 2 is 2.36 bits per heavy atom. The summed E-state index contributed by atoms with van der Waals surface area (Å²) in [6.07, 6.45) is 3.85. The third-order valence-electron chi connectivity index (χ3n) is 3.85. The van der Waals surface area contributed by atoms with Gasteiger partial charge in [-0.05, 0) is 6.42 Å². The second-order valence-electron chi connectivity index (χ2n) is 5.32. The molecule has 1 saturated heterocycles. The lowest BCUT2D eigenvalue weighted by Gasteiger charge is -2.21. The van der Waals surface area contributed by atoms with Gasteiger partial charge in [0.25, 0.3) is 0 Å². The number of guanidine groups is 1. The fraction of sp³-hybridized carbons (Fsp3) is 0.786. The van der Waals surface area contributed by atoms with Crippen molar-refractivity contribution in [1.82, 2.24) is 25.0 Å². The summed E-state index contributed by atoms with van der Waals surface area (Å²) in [7, 11) is 3.60. The number of nitrogens with one attached hydrogen (secondary N) is 1. The van der Waals surface area contributed by atoms with E-state index in [0.717, 1.165) is 51.0 Å². The second-order valence-corrected chi connectivity index (χ2v) is 5.32. The first-order valence-corrected chi connectivity index (χ1v) is 7.59. The van der Waals surface area contributed by atoms with Gasteiger partial charge >= 0.3 is 0 Å². The van der Waals surface area contributed by atoms with E-state index in [2.05, 4.69) is 36.9 Å². The summed E-state index contributed by atoms with van der Waals surface area (Å²) < 4.78 is 7.32. The topological polar surface area (TPSA) is 67.6 Å². The van der Waals surface area contributed by atoms with Gasteiger partial charge in [0.1, 0.15) is 12.2 Å². The van der Waals surface area contributed by atoms with E-state index in [4.69, 9.17) is 4.74 Å². The van der Waals surface area contributed by atoms with Crippen molar-refractivity contribution in [2.75, 3.05) is 40.4 Å². The third kappa shape index (κ3) is 5.08. The highest BCUT2D eigenvalue weighted by atomic mass is 127. The van der Waals surface area contributed by atoms with Crippen molar-refractivity contribution in [3.63, 3.8) is 0 Å². The Morgan fingerprint density at radius 3 is 3.05 bits per heavy atom. The molecule has 1 aromatic rings. The molecule has 2 heterocycles. The summed E-state index contributed by atoms with van der Waals surface area (Å²) in [5.41, 5.74) is 0. The monoisotopic (exact) mass is 422 g/mol. The van der Waals surface area contributed by atoms with Crippen molar-refractivity contribution >= 4 is 29.9 Å². The number of methoxy groups -OCH3 is 1. The largest absolute Gasteiger partial charge is 0.384 e. The zero-order valence-corrected chi connectivity index (χ0v) is 16.0. The Bertz CT molecular complexity index is 464. The molecule has 1 fully saturated rings. The molecule has 0 amide bonds. The van der Waals surface area contributed by atoms with Gasteiger partial charge in [0.15, 0.2) is 5.96 Å². The van der Waals surface area contributed by atoms with Gasteiger partial charge in [0, 0.05) is 52.7 Å². The van der Waals surface area contributed by atoms with E-state index in [1.807, 2.05) is 7.05 Å². The highest BCUT2D eigenvalue weighted by Crippen LogP contribution is 2.16. The maximum absolute atomic E-state index is 5.24. The van der Waals surface area contributed by atoms with Crippen LogP contribution in [0.3, 0.4) is 0 Å². The van der Waals surface area contributed by atoms with Crippen LogP contribution in [0.1, 0.15) is 19.2 Å². The number of aryl methyl sites for hydroxylation is 1. The quantitative estimate of drug-likeness (QED) is 0.421. The van der Waals surface area contributed by atoms with Crippen LogP contribution in [0.15, 0.2) is 11.3 Å². The summed E-state index contributed by atoms with van der Waals surface area (Å²) in [4.78, 5) is 6.68. The van der Waals surface area contributed by atoms with Crippen LogP contribution in [0.5, 0.6) is 0 Å². The highest BCUT2D eigenvalue weighted by molar-refractivity contribution is 14.0. The third-order valence-corrected chi connectivity index (χ3v) is 3.85. The molecule has 1 N–H and O–H groups in total. The second kappa shape index (κ2) is 9.98. The normalized spacial score (nSPS) is 18.4. The van der Waals surface area contributed by atoms with Gasteiger partial charge in [-0.3, -0.25) is 4.99 Å². The predicted molar refractivity (Wildman–Crippen MR) is 97.7 cm³/mol. The SMILES string of the molecule is CCc1nncn1CCNC(=NC)N1CCC(COC)C1.I. The molecule has 0 bridgehead atoms. The highest BCUT2D eigenvalue weighted by Gasteiger charge is 2.24. The first kappa shape index (κ1) is 19.1. The van der Waals surface area contributed by atoms with Crippen LogP contribution in [0, 0.1) is 5.92 Å². The maximum atomic E-state index is 5.24. The molecule has 0 aliphatic carbocycles. The number of aliphatic imine (C=N–C) groups is 1. The molecule has 1 aromatic heterocycles. The van der Waals surface area contributed by atoms with Crippen molar-refractivity contribution in [3.8, 4) is 0 Å². The molecule has 8 heteroatoms. The standard InChI is InChI=1S/C14H26N6O.HI/c1-4-13-18-17-11-20(13)8-6-16-14(15-2)19-7-5-12(9-19)10-21-3;/h11-12H,4-10H2,1-3H3,(H,15,16);1H. The van der Waals surface area contributed by atoms with Gasteiger partial charge < -0.3 is 19.5 Å².